The molecule has 0 saturated carbocycles. The van der Waals surface area contributed by atoms with Crippen LogP contribution >= 0.6 is 0 Å². The first kappa shape index (κ1) is 11.4. The molecule has 3 heteroatoms. The van der Waals surface area contributed by atoms with Gasteiger partial charge in [0.25, 0.3) is 0 Å². The molecular weight excluding hydrogens is 188 g/mol. The molecule has 0 spiro atoms. The number of likely N-dealkylation sites (tertiary alicyclic amines) is 1. The third-order valence-electron chi connectivity index (χ3n) is 3.64. The molecule has 0 aliphatic carbocycles. The van der Waals surface area contributed by atoms with Crippen LogP contribution in [0, 0.1) is 5.92 Å². The molecule has 0 bridgehead atoms. The fourth-order valence-electron chi connectivity index (χ4n) is 2.69. The van der Waals surface area contributed by atoms with E-state index in [0.717, 1.165) is 19.2 Å². The van der Waals surface area contributed by atoms with Gasteiger partial charge in [-0.2, -0.15) is 0 Å². The molecule has 2 atom stereocenters. The normalized spacial score (nSPS) is 35.6. The summed E-state index contributed by atoms with van der Waals surface area (Å²) >= 11 is 0. The maximum absolute atomic E-state index is 5.57. The van der Waals surface area contributed by atoms with E-state index in [1.165, 1.54) is 38.9 Å². The van der Waals surface area contributed by atoms with Gasteiger partial charge >= 0.3 is 0 Å². The molecule has 2 aliphatic rings. The fourth-order valence-corrected chi connectivity index (χ4v) is 2.69. The number of rotatable bonds is 2. The van der Waals surface area contributed by atoms with Gasteiger partial charge in [-0.25, -0.2) is 0 Å². The van der Waals surface area contributed by atoms with E-state index in [1.54, 1.807) is 0 Å². The molecule has 2 unspecified atom stereocenters. The Hall–Kier alpha value is -0.120. The van der Waals surface area contributed by atoms with E-state index in [0.29, 0.717) is 6.10 Å². The minimum Gasteiger partial charge on any atom is -0.362 e. The topological polar surface area (TPSA) is 15.7 Å². The van der Waals surface area contributed by atoms with Crippen LogP contribution in [0.25, 0.3) is 0 Å². The maximum atomic E-state index is 5.57. The molecule has 2 rings (SSSR count). The van der Waals surface area contributed by atoms with Crippen molar-refractivity contribution in [1.82, 2.24) is 9.80 Å². The van der Waals surface area contributed by atoms with Gasteiger partial charge in [0.05, 0.1) is 12.8 Å². The second kappa shape index (κ2) is 5.28. The minimum absolute atomic E-state index is 0.443. The van der Waals surface area contributed by atoms with Crippen LogP contribution in [0.2, 0.25) is 0 Å². The van der Waals surface area contributed by atoms with Crippen LogP contribution in [0.15, 0.2) is 0 Å². The van der Waals surface area contributed by atoms with E-state index in [-0.39, 0.29) is 0 Å². The molecule has 0 aromatic heterocycles. The van der Waals surface area contributed by atoms with E-state index in [1.807, 2.05) is 0 Å². The largest absolute Gasteiger partial charge is 0.362 e. The van der Waals surface area contributed by atoms with Gasteiger partial charge in [0, 0.05) is 13.1 Å². The van der Waals surface area contributed by atoms with Crippen LogP contribution in [-0.4, -0.2) is 55.9 Å². The summed E-state index contributed by atoms with van der Waals surface area (Å²) in [5, 5.41) is 0. The molecule has 2 fully saturated rings. The Labute approximate surface area is 93.4 Å². The second-order valence-electron chi connectivity index (χ2n) is 5.24. The van der Waals surface area contributed by atoms with Gasteiger partial charge in [-0.3, -0.25) is 4.90 Å². The molecule has 88 valence electrons. The first-order valence-corrected chi connectivity index (χ1v) is 6.26. The Bertz CT molecular complexity index is 198. The predicted molar refractivity (Wildman–Crippen MR) is 61.8 cm³/mol. The van der Waals surface area contributed by atoms with Gasteiger partial charge in [-0.05, 0) is 52.2 Å². The van der Waals surface area contributed by atoms with Crippen molar-refractivity contribution in [3.63, 3.8) is 0 Å². The Morgan fingerprint density at radius 1 is 1.27 bits per heavy atom. The smallest absolute Gasteiger partial charge is 0.0995 e. The van der Waals surface area contributed by atoms with Crippen LogP contribution in [-0.2, 0) is 4.74 Å². The molecule has 0 aromatic rings. The minimum atomic E-state index is 0.443. The summed E-state index contributed by atoms with van der Waals surface area (Å²) in [7, 11) is 2.24. The van der Waals surface area contributed by atoms with E-state index in [9.17, 15) is 0 Å². The highest BCUT2D eigenvalue weighted by Crippen LogP contribution is 2.19. The summed E-state index contributed by atoms with van der Waals surface area (Å²) in [5.41, 5.74) is 0. The van der Waals surface area contributed by atoms with Gasteiger partial charge in [0.2, 0.25) is 0 Å². The Morgan fingerprint density at radius 2 is 2.13 bits per heavy atom. The SMILES string of the molecule is CC1CN(CC2CCCN(C)CC2)CO1. The quantitative estimate of drug-likeness (QED) is 0.688. The molecule has 0 amide bonds. The van der Waals surface area contributed by atoms with Crippen molar-refractivity contribution in [2.45, 2.75) is 32.3 Å². The Morgan fingerprint density at radius 3 is 2.87 bits per heavy atom. The monoisotopic (exact) mass is 212 g/mol. The average Bonchev–Trinajstić information content (AvgIpc) is 2.48. The molecule has 2 heterocycles. The zero-order valence-corrected chi connectivity index (χ0v) is 10.1. The molecule has 2 aliphatic heterocycles. The van der Waals surface area contributed by atoms with E-state index in [4.69, 9.17) is 4.74 Å². The zero-order chi connectivity index (χ0) is 10.7. The van der Waals surface area contributed by atoms with Crippen molar-refractivity contribution < 1.29 is 4.74 Å². The lowest BCUT2D eigenvalue weighted by molar-refractivity contribution is 0.0930. The van der Waals surface area contributed by atoms with Gasteiger partial charge in [-0.1, -0.05) is 0 Å². The third kappa shape index (κ3) is 3.44. The van der Waals surface area contributed by atoms with Gasteiger partial charge in [0.15, 0.2) is 0 Å². The number of nitrogens with zero attached hydrogens (tertiary/aromatic N) is 2. The van der Waals surface area contributed by atoms with E-state index < -0.39 is 0 Å². The van der Waals surface area contributed by atoms with Crippen LogP contribution in [0.4, 0.5) is 0 Å². The molecule has 0 radical (unpaired) electrons. The van der Waals surface area contributed by atoms with E-state index >= 15 is 0 Å². The van der Waals surface area contributed by atoms with Crippen LogP contribution in [0.1, 0.15) is 26.2 Å². The zero-order valence-electron chi connectivity index (χ0n) is 10.1. The molecule has 3 nitrogen and oxygen atoms in total. The summed E-state index contributed by atoms with van der Waals surface area (Å²) in [6.07, 6.45) is 4.57. The summed E-state index contributed by atoms with van der Waals surface area (Å²) < 4.78 is 5.57. The number of hydrogen-bond donors (Lipinski definition) is 0. The lowest BCUT2D eigenvalue weighted by Gasteiger charge is -2.21. The van der Waals surface area contributed by atoms with Crippen LogP contribution < -0.4 is 0 Å². The first-order valence-electron chi connectivity index (χ1n) is 6.26. The second-order valence-corrected chi connectivity index (χ2v) is 5.24. The lowest BCUT2D eigenvalue weighted by Crippen LogP contribution is -2.28. The predicted octanol–water partition coefficient (Wildman–Crippen LogP) is 1.40. The van der Waals surface area contributed by atoms with Crippen molar-refractivity contribution in [3.8, 4) is 0 Å². The average molecular weight is 212 g/mol. The van der Waals surface area contributed by atoms with Gasteiger partial charge in [-0.15, -0.1) is 0 Å². The number of hydrogen-bond acceptors (Lipinski definition) is 3. The van der Waals surface area contributed by atoms with Gasteiger partial charge in [0.1, 0.15) is 0 Å². The molecular formula is C12H24N2O. The summed E-state index contributed by atoms with van der Waals surface area (Å²) in [6, 6.07) is 0. The standard InChI is InChI=1S/C12H24N2O/c1-11-8-14(10-15-11)9-12-4-3-6-13(2)7-5-12/h11-12H,3-10H2,1-2H3. The summed E-state index contributed by atoms with van der Waals surface area (Å²) in [6.45, 7) is 7.96. The van der Waals surface area contributed by atoms with Crippen molar-refractivity contribution >= 4 is 0 Å². The van der Waals surface area contributed by atoms with Crippen molar-refractivity contribution in [2.75, 3.05) is 40.0 Å². The Balaban J connectivity index is 1.74. The fraction of sp³-hybridized carbons (Fsp3) is 1.00. The van der Waals surface area contributed by atoms with Crippen molar-refractivity contribution in [1.29, 1.82) is 0 Å². The Kier molecular flexibility index (Phi) is 4.00. The van der Waals surface area contributed by atoms with Crippen molar-refractivity contribution in [2.24, 2.45) is 5.92 Å². The maximum Gasteiger partial charge on any atom is 0.0995 e. The highest BCUT2D eigenvalue weighted by atomic mass is 16.5. The van der Waals surface area contributed by atoms with Crippen LogP contribution in [0.5, 0.6) is 0 Å². The van der Waals surface area contributed by atoms with Gasteiger partial charge < -0.3 is 9.64 Å². The molecule has 0 aromatic carbocycles. The third-order valence-corrected chi connectivity index (χ3v) is 3.64. The highest BCUT2D eigenvalue weighted by Gasteiger charge is 2.23. The number of ether oxygens (including phenoxy) is 1. The summed E-state index contributed by atoms with van der Waals surface area (Å²) in [5.74, 6) is 0.892. The lowest BCUT2D eigenvalue weighted by atomic mass is 10.0. The highest BCUT2D eigenvalue weighted by molar-refractivity contribution is 4.74. The van der Waals surface area contributed by atoms with Crippen LogP contribution in [0.3, 0.4) is 0 Å². The van der Waals surface area contributed by atoms with Crippen molar-refractivity contribution in [3.05, 3.63) is 0 Å². The molecule has 0 N–H and O–H groups in total. The van der Waals surface area contributed by atoms with E-state index in [2.05, 4.69) is 23.8 Å². The first-order chi connectivity index (χ1) is 7.24. The molecule has 2 saturated heterocycles. The molecule has 15 heavy (non-hydrogen) atoms. The summed E-state index contributed by atoms with van der Waals surface area (Å²) in [4.78, 5) is 4.93.